The van der Waals surface area contributed by atoms with Crippen LogP contribution in [0.4, 0.5) is 11.5 Å². The van der Waals surface area contributed by atoms with E-state index in [9.17, 15) is 13.2 Å². The molecule has 30 heavy (non-hydrogen) atoms. The molecule has 3 aromatic rings. The van der Waals surface area contributed by atoms with Gasteiger partial charge in [-0.3, -0.25) is 9.52 Å². The van der Waals surface area contributed by atoms with Crippen molar-refractivity contribution in [1.82, 2.24) is 9.97 Å². The maximum absolute atomic E-state index is 12.6. The summed E-state index contributed by atoms with van der Waals surface area (Å²) in [7, 11) is -3.81. The van der Waals surface area contributed by atoms with Gasteiger partial charge in [-0.15, -0.1) is 0 Å². The fourth-order valence-corrected chi connectivity index (χ4v) is 3.87. The van der Waals surface area contributed by atoms with E-state index in [2.05, 4.69) is 35.9 Å². The van der Waals surface area contributed by atoms with Crippen molar-refractivity contribution < 1.29 is 13.2 Å². The molecular weight excluding hydrogens is 468 g/mol. The fourth-order valence-electron chi connectivity index (χ4n) is 2.61. The average molecular weight is 487 g/mol. The second-order valence-corrected chi connectivity index (χ2v) is 9.04. The van der Waals surface area contributed by atoms with Gasteiger partial charge < -0.3 is 5.32 Å². The van der Waals surface area contributed by atoms with E-state index in [1.165, 1.54) is 30.3 Å². The summed E-state index contributed by atoms with van der Waals surface area (Å²) in [6.07, 6.45) is 3.10. The normalized spacial score (nSPS) is 11.4. The molecule has 0 bridgehead atoms. The van der Waals surface area contributed by atoms with E-state index in [4.69, 9.17) is 0 Å². The zero-order chi connectivity index (χ0) is 21.7. The van der Waals surface area contributed by atoms with E-state index in [1.54, 1.807) is 26.0 Å². The standard InChI is InChI=1S/C21H19BrN4O3S/c1-14-13-20(24-15(2)23-14)26-30(28,29)19-10-8-18(9-11-19)25-21(27)12-5-16-3-6-17(22)7-4-16/h3-13H,1-2H3,(H,25,27)(H,23,24,26). The molecule has 2 N–H and O–H groups in total. The van der Waals surface area contributed by atoms with Gasteiger partial charge in [0.2, 0.25) is 5.91 Å². The van der Waals surface area contributed by atoms with Crippen LogP contribution in [0.25, 0.3) is 6.08 Å². The quantitative estimate of drug-likeness (QED) is 0.505. The summed E-state index contributed by atoms with van der Waals surface area (Å²) in [5.74, 6) is 0.357. The van der Waals surface area contributed by atoms with Gasteiger partial charge >= 0.3 is 0 Å². The monoisotopic (exact) mass is 486 g/mol. The predicted molar refractivity (Wildman–Crippen MR) is 121 cm³/mol. The summed E-state index contributed by atoms with van der Waals surface area (Å²) in [6, 6.07) is 14.9. The summed E-state index contributed by atoms with van der Waals surface area (Å²) >= 11 is 3.36. The van der Waals surface area contributed by atoms with Crippen molar-refractivity contribution in [2.45, 2.75) is 18.7 Å². The summed E-state index contributed by atoms with van der Waals surface area (Å²) in [4.78, 5) is 20.3. The molecule has 3 rings (SSSR count). The number of hydrogen-bond donors (Lipinski definition) is 2. The molecule has 0 fully saturated rings. The number of carbonyl (C=O) groups excluding carboxylic acids is 1. The lowest BCUT2D eigenvalue weighted by molar-refractivity contribution is -0.111. The van der Waals surface area contributed by atoms with Crippen LogP contribution in [0.1, 0.15) is 17.1 Å². The van der Waals surface area contributed by atoms with Crippen LogP contribution in [0.3, 0.4) is 0 Å². The van der Waals surface area contributed by atoms with Gasteiger partial charge in [0.15, 0.2) is 0 Å². The highest BCUT2D eigenvalue weighted by atomic mass is 79.9. The third-order valence-corrected chi connectivity index (χ3v) is 5.83. The molecule has 0 saturated carbocycles. The first-order valence-corrected chi connectivity index (χ1v) is 11.2. The van der Waals surface area contributed by atoms with Crippen LogP contribution in [-0.4, -0.2) is 24.3 Å². The first-order chi connectivity index (χ1) is 14.2. The van der Waals surface area contributed by atoms with Crippen molar-refractivity contribution in [2.24, 2.45) is 0 Å². The van der Waals surface area contributed by atoms with E-state index in [-0.39, 0.29) is 16.6 Å². The maximum Gasteiger partial charge on any atom is 0.263 e. The summed E-state index contributed by atoms with van der Waals surface area (Å²) in [6.45, 7) is 3.45. The van der Waals surface area contributed by atoms with Gasteiger partial charge in [-0.05, 0) is 61.9 Å². The number of rotatable bonds is 6. The highest BCUT2D eigenvalue weighted by Crippen LogP contribution is 2.18. The van der Waals surface area contributed by atoms with Crippen LogP contribution < -0.4 is 10.0 Å². The minimum Gasteiger partial charge on any atom is -0.323 e. The van der Waals surface area contributed by atoms with Crippen LogP contribution in [0.2, 0.25) is 0 Å². The van der Waals surface area contributed by atoms with Gasteiger partial charge in [-0.1, -0.05) is 28.1 Å². The third kappa shape index (κ3) is 5.98. The van der Waals surface area contributed by atoms with Gasteiger partial charge in [-0.2, -0.15) is 0 Å². The maximum atomic E-state index is 12.6. The van der Waals surface area contributed by atoms with Crippen LogP contribution in [0.15, 0.2) is 70.0 Å². The Bertz CT molecular complexity index is 1170. The topological polar surface area (TPSA) is 101 Å². The minimum absolute atomic E-state index is 0.0554. The molecule has 1 heterocycles. The number of amides is 1. The Morgan fingerprint density at radius 1 is 1.00 bits per heavy atom. The molecule has 2 aromatic carbocycles. The van der Waals surface area contributed by atoms with Gasteiger partial charge in [0.25, 0.3) is 10.0 Å². The van der Waals surface area contributed by atoms with E-state index in [1.807, 2.05) is 24.3 Å². The predicted octanol–water partition coefficient (Wildman–Crippen LogP) is 4.31. The van der Waals surface area contributed by atoms with E-state index >= 15 is 0 Å². The van der Waals surface area contributed by atoms with E-state index in [0.717, 1.165) is 10.0 Å². The Morgan fingerprint density at radius 2 is 1.67 bits per heavy atom. The summed E-state index contributed by atoms with van der Waals surface area (Å²) in [5, 5.41) is 2.70. The van der Waals surface area contributed by atoms with Crippen molar-refractivity contribution in [3.8, 4) is 0 Å². The second kappa shape index (κ2) is 9.19. The Hall–Kier alpha value is -3.04. The molecular formula is C21H19BrN4O3S. The Kier molecular flexibility index (Phi) is 6.63. The lowest BCUT2D eigenvalue weighted by atomic mass is 10.2. The molecule has 0 saturated heterocycles. The minimum atomic E-state index is -3.81. The van der Waals surface area contributed by atoms with Gasteiger partial charge in [0.1, 0.15) is 11.6 Å². The molecule has 0 atom stereocenters. The molecule has 1 aromatic heterocycles. The lowest BCUT2D eigenvalue weighted by Gasteiger charge is -2.09. The van der Waals surface area contributed by atoms with Crippen LogP contribution >= 0.6 is 15.9 Å². The first-order valence-electron chi connectivity index (χ1n) is 8.91. The van der Waals surface area contributed by atoms with Crippen LogP contribution in [0, 0.1) is 13.8 Å². The Labute approximate surface area is 183 Å². The number of aryl methyl sites for hydroxylation is 2. The van der Waals surface area contributed by atoms with Crippen molar-refractivity contribution in [1.29, 1.82) is 0 Å². The number of nitrogens with zero attached hydrogens (tertiary/aromatic N) is 2. The molecule has 0 radical (unpaired) electrons. The van der Waals surface area contributed by atoms with Gasteiger partial charge in [-0.25, -0.2) is 18.4 Å². The van der Waals surface area contributed by atoms with E-state index in [0.29, 0.717) is 17.2 Å². The largest absolute Gasteiger partial charge is 0.323 e. The van der Waals surface area contributed by atoms with Crippen molar-refractivity contribution in [3.05, 3.63) is 82.2 Å². The SMILES string of the molecule is Cc1cc(NS(=O)(=O)c2ccc(NC(=O)C=Cc3ccc(Br)cc3)cc2)nc(C)n1. The molecule has 7 nitrogen and oxygen atoms in total. The smallest absolute Gasteiger partial charge is 0.263 e. The molecule has 0 aliphatic rings. The number of nitrogens with one attached hydrogen (secondary N) is 2. The van der Waals surface area contributed by atoms with Crippen LogP contribution in [-0.2, 0) is 14.8 Å². The zero-order valence-electron chi connectivity index (χ0n) is 16.3. The second-order valence-electron chi connectivity index (χ2n) is 6.45. The number of aromatic nitrogens is 2. The number of sulfonamides is 1. The number of hydrogen-bond acceptors (Lipinski definition) is 5. The molecule has 0 aliphatic heterocycles. The van der Waals surface area contributed by atoms with Crippen molar-refractivity contribution in [2.75, 3.05) is 10.0 Å². The Balaban J connectivity index is 1.66. The average Bonchev–Trinajstić information content (AvgIpc) is 2.67. The Morgan fingerprint density at radius 3 is 2.30 bits per heavy atom. The van der Waals surface area contributed by atoms with Gasteiger partial charge in [0.05, 0.1) is 4.90 Å². The third-order valence-electron chi connectivity index (χ3n) is 3.93. The van der Waals surface area contributed by atoms with Crippen molar-refractivity contribution in [3.63, 3.8) is 0 Å². The number of anilines is 2. The van der Waals surface area contributed by atoms with E-state index < -0.39 is 10.0 Å². The molecule has 154 valence electrons. The zero-order valence-corrected chi connectivity index (χ0v) is 18.7. The molecule has 1 amide bonds. The van der Waals surface area contributed by atoms with Crippen molar-refractivity contribution >= 4 is 49.4 Å². The number of carbonyl (C=O) groups is 1. The number of halogens is 1. The molecule has 0 unspecified atom stereocenters. The highest BCUT2D eigenvalue weighted by molar-refractivity contribution is 9.10. The number of benzene rings is 2. The van der Waals surface area contributed by atoms with Gasteiger partial charge in [0, 0.05) is 28.0 Å². The molecule has 0 aliphatic carbocycles. The molecule has 0 spiro atoms. The summed E-state index contributed by atoms with van der Waals surface area (Å²) in [5.41, 5.74) is 2.03. The lowest BCUT2D eigenvalue weighted by Crippen LogP contribution is -2.15. The van der Waals surface area contributed by atoms with Crippen LogP contribution in [0.5, 0.6) is 0 Å². The first kappa shape index (κ1) is 21.7. The summed E-state index contributed by atoms with van der Waals surface area (Å²) < 4.78 is 28.5. The molecule has 9 heteroatoms. The highest BCUT2D eigenvalue weighted by Gasteiger charge is 2.15. The fraction of sp³-hybridized carbons (Fsp3) is 0.0952.